The van der Waals surface area contributed by atoms with Crippen LogP contribution in [0.25, 0.3) is 0 Å². The van der Waals surface area contributed by atoms with Crippen molar-refractivity contribution in [1.82, 2.24) is 5.32 Å². The first-order valence-corrected chi connectivity index (χ1v) is 28.9. The van der Waals surface area contributed by atoms with Gasteiger partial charge in [0.25, 0.3) is 0 Å². The zero-order valence-corrected chi connectivity index (χ0v) is 44.1. The van der Waals surface area contributed by atoms with Crippen LogP contribution in [0.1, 0.15) is 297 Å². The summed E-state index contributed by atoms with van der Waals surface area (Å²) in [4.78, 5) is 26.3. The lowest BCUT2D eigenvalue weighted by molar-refractivity contribution is -0.151. The van der Waals surface area contributed by atoms with Gasteiger partial charge in [0.15, 0.2) is 0 Å². The molecule has 0 radical (unpaired) electrons. The Labute approximate surface area is 410 Å². The van der Waals surface area contributed by atoms with Crippen LogP contribution < -0.4 is 5.32 Å². The Balaban J connectivity index is 4.60. The molecule has 0 aliphatic rings. The van der Waals surface area contributed by atoms with Gasteiger partial charge in [-0.15, -0.1) is 0 Å². The van der Waals surface area contributed by atoms with Crippen LogP contribution in [0.4, 0.5) is 0 Å². The van der Waals surface area contributed by atoms with Crippen molar-refractivity contribution in [1.29, 1.82) is 0 Å². The highest BCUT2D eigenvalue weighted by Crippen LogP contribution is 2.18. The summed E-state index contributed by atoms with van der Waals surface area (Å²) in [6, 6.07) is -0.712. The molecule has 0 bridgehead atoms. The van der Waals surface area contributed by atoms with Gasteiger partial charge in [-0.25, -0.2) is 0 Å². The van der Waals surface area contributed by atoms with E-state index >= 15 is 0 Å². The van der Waals surface area contributed by atoms with E-state index < -0.39 is 18.2 Å². The third-order valence-corrected chi connectivity index (χ3v) is 13.2. The van der Waals surface area contributed by atoms with Gasteiger partial charge in [-0.3, -0.25) is 9.59 Å². The minimum atomic E-state index is -0.797. The summed E-state index contributed by atoms with van der Waals surface area (Å²) in [5, 5.41) is 23.9. The molecule has 0 saturated carbocycles. The lowest BCUT2D eigenvalue weighted by atomic mass is 10.0. The van der Waals surface area contributed by atoms with Gasteiger partial charge in [0.2, 0.25) is 5.91 Å². The highest BCUT2D eigenvalue weighted by molar-refractivity contribution is 5.77. The van der Waals surface area contributed by atoms with E-state index in [1.807, 2.05) is 0 Å². The number of aliphatic hydroxyl groups is 2. The molecule has 0 heterocycles. The van der Waals surface area contributed by atoms with Crippen LogP contribution >= 0.6 is 0 Å². The van der Waals surface area contributed by atoms with Gasteiger partial charge >= 0.3 is 5.97 Å². The number of amides is 1. The molecule has 0 rings (SSSR count). The summed E-state index contributed by atoms with van der Waals surface area (Å²) in [5.41, 5.74) is 0. The van der Waals surface area contributed by atoms with Crippen molar-refractivity contribution in [2.24, 2.45) is 0 Å². The average Bonchev–Trinajstić information content (AvgIpc) is 3.31. The Hall–Kier alpha value is -2.18. The van der Waals surface area contributed by atoms with E-state index in [2.05, 4.69) is 74.7 Å². The summed E-state index contributed by atoms with van der Waals surface area (Å²) in [5.74, 6) is -0.509. The van der Waals surface area contributed by atoms with E-state index in [1.165, 1.54) is 167 Å². The van der Waals surface area contributed by atoms with Crippen LogP contribution in [-0.4, -0.2) is 46.9 Å². The molecule has 0 aromatic rings. The molecule has 66 heavy (non-hydrogen) atoms. The number of carbonyl (C=O) groups is 2. The van der Waals surface area contributed by atoms with Gasteiger partial charge < -0.3 is 20.3 Å². The number of unbranched alkanes of at least 4 members (excludes halogenated alkanes) is 33. The molecule has 0 aliphatic carbocycles. The number of hydrogen-bond acceptors (Lipinski definition) is 5. The fraction of sp³-hybridized carbons (Fsp3) is 0.833. The van der Waals surface area contributed by atoms with Crippen LogP contribution in [-0.2, 0) is 14.3 Å². The van der Waals surface area contributed by atoms with Crippen LogP contribution in [0.5, 0.6) is 0 Å². The first-order chi connectivity index (χ1) is 32.5. The second kappa shape index (κ2) is 53.8. The smallest absolute Gasteiger partial charge is 0.306 e. The highest BCUT2D eigenvalue weighted by atomic mass is 16.5. The van der Waals surface area contributed by atoms with Crippen molar-refractivity contribution in [3.8, 4) is 0 Å². The van der Waals surface area contributed by atoms with E-state index in [4.69, 9.17) is 4.74 Å². The Bertz CT molecular complexity index is 1130. The Morgan fingerprint density at radius 2 is 0.818 bits per heavy atom. The molecule has 6 heteroatoms. The van der Waals surface area contributed by atoms with E-state index in [1.54, 1.807) is 0 Å². The number of rotatable bonds is 52. The van der Waals surface area contributed by atoms with E-state index in [9.17, 15) is 19.8 Å². The van der Waals surface area contributed by atoms with Gasteiger partial charge in [-0.2, -0.15) is 0 Å². The van der Waals surface area contributed by atoms with Gasteiger partial charge in [-0.05, 0) is 83.5 Å². The van der Waals surface area contributed by atoms with Crippen LogP contribution in [0.15, 0.2) is 48.6 Å². The number of ether oxygens (including phenoxy) is 1. The van der Waals surface area contributed by atoms with E-state index in [0.717, 1.165) is 83.5 Å². The normalized spacial score (nSPS) is 13.5. The number of hydrogen-bond donors (Lipinski definition) is 3. The molecular formula is C60H111NO5. The fourth-order valence-electron chi connectivity index (χ4n) is 8.75. The molecule has 0 aromatic heterocycles. The molecule has 0 aliphatic heterocycles. The molecule has 6 nitrogen and oxygen atoms in total. The SMILES string of the molecule is CCCCC/C=C\C/C=C\CCCCCCCC(CC(=O)NC(CO)C(O)CCCCCCCCCCCCCCCCCC)OC(=O)CCCCC/C=C/C=C/CCCCCCCCC. The van der Waals surface area contributed by atoms with E-state index in [-0.39, 0.29) is 24.9 Å². The fourth-order valence-corrected chi connectivity index (χ4v) is 8.75. The number of nitrogens with one attached hydrogen (secondary N) is 1. The summed E-state index contributed by atoms with van der Waals surface area (Å²) in [7, 11) is 0. The molecule has 3 atom stereocenters. The second-order valence-corrected chi connectivity index (χ2v) is 19.7. The molecule has 386 valence electrons. The molecule has 0 aromatic carbocycles. The van der Waals surface area contributed by atoms with E-state index in [0.29, 0.717) is 19.3 Å². The summed E-state index contributed by atoms with van der Waals surface area (Å²) in [6.07, 6.45) is 66.0. The number of aliphatic hydroxyl groups excluding tert-OH is 2. The standard InChI is InChI=1S/C60H111NO5/c1-4-7-10-13-16-19-22-25-28-31-34-37-40-43-46-49-52-58(63)57(55-62)61-59(64)54-56(51-48-45-42-39-36-33-30-27-24-21-18-15-12-9-6-3)66-60(65)53-50-47-44-41-38-35-32-29-26-23-20-17-14-11-8-5-2/h18,21,27,29-30,32,35,38,56-58,62-63H,4-17,19-20,22-26,28,31,33-34,36-37,39-55H2,1-3H3,(H,61,64)/b21-18-,30-27-,32-29+,38-35+. The molecule has 0 saturated heterocycles. The maximum absolute atomic E-state index is 13.3. The Kier molecular flexibility index (Phi) is 52.0. The lowest BCUT2D eigenvalue weighted by Crippen LogP contribution is -2.46. The van der Waals surface area contributed by atoms with Gasteiger partial charge in [0, 0.05) is 6.42 Å². The molecule has 1 amide bonds. The topological polar surface area (TPSA) is 95.9 Å². The largest absolute Gasteiger partial charge is 0.462 e. The predicted octanol–water partition coefficient (Wildman–Crippen LogP) is 17.8. The summed E-state index contributed by atoms with van der Waals surface area (Å²) < 4.78 is 5.94. The molecule has 3 N–H and O–H groups in total. The van der Waals surface area contributed by atoms with Crippen LogP contribution in [0.2, 0.25) is 0 Å². The number of allylic oxidation sites excluding steroid dienone is 8. The predicted molar refractivity (Wildman–Crippen MR) is 287 cm³/mol. The van der Waals surface area contributed by atoms with Crippen molar-refractivity contribution in [2.75, 3.05) is 6.61 Å². The Morgan fingerprint density at radius 1 is 0.455 bits per heavy atom. The van der Waals surface area contributed by atoms with Crippen molar-refractivity contribution in [2.45, 2.75) is 315 Å². The molecule has 3 unspecified atom stereocenters. The quantitative estimate of drug-likeness (QED) is 0.0244. The third-order valence-electron chi connectivity index (χ3n) is 13.2. The van der Waals surface area contributed by atoms with Crippen LogP contribution in [0.3, 0.4) is 0 Å². The maximum Gasteiger partial charge on any atom is 0.306 e. The summed E-state index contributed by atoms with van der Waals surface area (Å²) >= 11 is 0. The Morgan fingerprint density at radius 3 is 1.27 bits per heavy atom. The average molecular weight is 927 g/mol. The minimum Gasteiger partial charge on any atom is -0.462 e. The maximum atomic E-state index is 13.3. The number of esters is 1. The lowest BCUT2D eigenvalue weighted by Gasteiger charge is -2.24. The van der Waals surface area contributed by atoms with Gasteiger partial charge in [-0.1, -0.05) is 249 Å². The summed E-state index contributed by atoms with van der Waals surface area (Å²) in [6.45, 7) is 6.47. The monoisotopic (exact) mass is 926 g/mol. The van der Waals surface area contributed by atoms with Crippen LogP contribution in [0, 0.1) is 0 Å². The third kappa shape index (κ3) is 48.3. The molecule has 0 spiro atoms. The second-order valence-electron chi connectivity index (χ2n) is 19.7. The first kappa shape index (κ1) is 63.8. The van der Waals surface area contributed by atoms with Crippen molar-refractivity contribution in [3.05, 3.63) is 48.6 Å². The zero-order valence-electron chi connectivity index (χ0n) is 44.1. The minimum absolute atomic E-state index is 0.0587. The molecule has 0 fully saturated rings. The molecular weight excluding hydrogens is 815 g/mol. The van der Waals surface area contributed by atoms with Crippen molar-refractivity contribution < 1.29 is 24.5 Å². The first-order valence-electron chi connectivity index (χ1n) is 28.9. The highest BCUT2D eigenvalue weighted by Gasteiger charge is 2.24. The van der Waals surface area contributed by atoms with Crippen molar-refractivity contribution in [3.63, 3.8) is 0 Å². The van der Waals surface area contributed by atoms with Gasteiger partial charge in [0.05, 0.1) is 25.2 Å². The van der Waals surface area contributed by atoms with Gasteiger partial charge in [0.1, 0.15) is 6.10 Å². The number of carbonyl (C=O) groups excluding carboxylic acids is 2. The zero-order chi connectivity index (χ0) is 48.1. The van der Waals surface area contributed by atoms with Crippen molar-refractivity contribution >= 4 is 11.9 Å².